The van der Waals surface area contributed by atoms with Gasteiger partial charge in [-0.2, -0.15) is 0 Å². The summed E-state index contributed by atoms with van der Waals surface area (Å²) in [4.78, 5) is 12.0. The highest BCUT2D eigenvalue weighted by Gasteiger charge is 2.08. The normalized spacial score (nSPS) is 9.96. The van der Waals surface area contributed by atoms with Crippen LogP contribution in [0.1, 0.15) is 5.56 Å². The first-order chi connectivity index (χ1) is 11.7. The fourth-order valence-corrected chi connectivity index (χ4v) is 2.23. The van der Waals surface area contributed by atoms with E-state index in [2.05, 4.69) is 10.6 Å². The Balaban J connectivity index is 1.89. The zero-order chi connectivity index (χ0) is 17.4. The summed E-state index contributed by atoms with van der Waals surface area (Å²) in [5.74, 6) is 1.94. The summed E-state index contributed by atoms with van der Waals surface area (Å²) in [6.45, 7) is 0.544. The first-order valence-corrected chi connectivity index (χ1v) is 7.52. The monoisotopic (exact) mass is 330 g/mol. The molecule has 0 radical (unpaired) electrons. The molecule has 0 heterocycles. The van der Waals surface area contributed by atoms with E-state index in [-0.39, 0.29) is 12.5 Å². The Kier molecular flexibility index (Phi) is 6.31. The van der Waals surface area contributed by atoms with Gasteiger partial charge in [-0.1, -0.05) is 18.2 Å². The molecule has 2 aromatic carbocycles. The van der Waals surface area contributed by atoms with Crippen molar-refractivity contribution in [1.29, 1.82) is 0 Å². The second-order valence-electron chi connectivity index (χ2n) is 5.01. The van der Waals surface area contributed by atoms with Crippen LogP contribution in [0, 0.1) is 0 Å². The summed E-state index contributed by atoms with van der Waals surface area (Å²) in [6, 6.07) is 12.9. The molecule has 2 N–H and O–H groups in total. The SMILES string of the molecule is COc1ccc(NCC(=O)NCc2ccccc2OC)c(OC)c1. The molecule has 6 nitrogen and oxygen atoms in total. The molecule has 24 heavy (non-hydrogen) atoms. The van der Waals surface area contributed by atoms with Crippen molar-refractivity contribution in [2.75, 3.05) is 33.2 Å². The first-order valence-electron chi connectivity index (χ1n) is 7.52. The fraction of sp³-hybridized carbons (Fsp3) is 0.278. The van der Waals surface area contributed by atoms with Crippen molar-refractivity contribution in [3.63, 3.8) is 0 Å². The second kappa shape index (κ2) is 8.67. The lowest BCUT2D eigenvalue weighted by Crippen LogP contribution is -2.29. The molecule has 0 saturated heterocycles. The van der Waals surface area contributed by atoms with Gasteiger partial charge in [-0.15, -0.1) is 0 Å². The lowest BCUT2D eigenvalue weighted by molar-refractivity contribution is -0.119. The van der Waals surface area contributed by atoms with Gasteiger partial charge in [0.2, 0.25) is 5.91 Å². The zero-order valence-electron chi connectivity index (χ0n) is 14.1. The Morgan fingerprint density at radius 1 is 0.958 bits per heavy atom. The number of carbonyl (C=O) groups is 1. The predicted molar refractivity (Wildman–Crippen MR) is 92.9 cm³/mol. The van der Waals surface area contributed by atoms with Gasteiger partial charge in [0, 0.05) is 18.2 Å². The van der Waals surface area contributed by atoms with Gasteiger partial charge in [-0.25, -0.2) is 0 Å². The summed E-state index contributed by atoms with van der Waals surface area (Å²) in [5, 5.41) is 5.91. The van der Waals surface area contributed by atoms with Crippen LogP contribution >= 0.6 is 0 Å². The standard InChI is InChI=1S/C18H22N2O4/c1-22-14-8-9-15(17(10-14)24-3)19-12-18(21)20-11-13-6-4-5-7-16(13)23-2/h4-10,19H,11-12H2,1-3H3,(H,20,21). The van der Waals surface area contributed by atoms with Crippen molar-refractivity contribution in [2.24, 2.45) is 0 Å². The quantitative estimate of drug-likeness (QED) is 0.778. The minimum Gasteiger partial charge on any atom is -0.497 e. The van der Waals surface area contributed by atoms with Crippen LogP contribution < -0.4 is 24.8 Å². The van der Waals surface area contributed by atoms with Gasteiger partial charge in [0.15, 0.2) is 0 Å². The van der Waals surface area contributed by atoms with E-state index in [1.807, 2.05) is 30.3 Å². The maximum atomic E-state index is 12.0. The smallest absolute Gasteiger partial charge is 0.239 e. The van der Waals surface area contributed by atoms with E-state index in [9.17, 15) is 4.79 Å². The highest BCUT2D eigenvalue weighted by atomic mass is 16.5. The van der Waals surface area contributed by atoms with Crippen LogP contribution in [-0.4, -0.2) is 33.8 Å². The van der Waals surface area contributed by atoms with Crippen molar-refractivity contribution in [2.45, 2.75) is 6.54 Å². The third-order valence-corrected chi connectivity index (χ3v) is 3.52. The van der Waals surface area contributed by atoms with Crippen molar-refractivity contribution in [1.82, 2.24) is 5.32 Å². The maximum Gasteiger partial charge on any atom is 0.239 e. The van der Waals surface area contributed by atoms with Crippen LogP contribution in [0.15, 0.2) is 42.5 Å². The number of carbonyl (C=O) groups excluding carboxylic acids is 1. The Morgan fingerprint density at radius 3 is 2.42 bits per heavy atom. The number of methoxy groups -OCH3 is 3. The van der Waals surface area contributed by atoms with Crippen LogP contribution in [0.5, 0.6) is 17.2 Å². The number of ether oxygens (including phenoxy) is 3. The molecule has 0 aromatic heterocycles. The second-order valence-corrected chi connectivity index (χ2v) is 5.01. The molecule has 0 atom stereocenters. The Bertz CT molecular complexity index is 688. The average Bonchev–Trinajstić information content (AvgIpc) is 2.64. The lowest BCUT2D eigenvalue weighted by atomic mass is 10.2. The number of anilines is 1. The van der Waals surface area contributed by atoms with Gasteiger partial charge >= 0.3 is 0 Å². The Morgan fingerprint density at radius 2 is 1.71 bits per heavy atom. The molecule has 2 aromatic rings. The number of rotatable bonds is 8. The molecule has 0 fully saturated rings. The average molecular weight is 330 g/mol. The van der Waals surface area contributed by atoms with E-state index in [0.29, 0.717) is 18.0 Å². The molecule has 128 valence electrons. The number of benzene rings is 2. The fourth-order valence-electron chi connectivity index (χ4n) is 2.23. The molecule has 0 aliphatic carbocycles. The summed E-state index contributed by atoms with van der Waals surface area (Å²) < 4.78 is 15.7. The molecular weight excluding hydrogens is 308 g/mol. The molecule has 0 unspecified atom stereocenters. The van der Waals surface area contributed by atoms with Crippen LogP contribution in [0.3, 0.4) is 0 Å². The van der Waals surface area contributed by atoms with Gasteiger partial charge < -0.3 is 24.8 Å². The predicted octanol–water partition coefficient (Wildman–Crippen LogP) is 2.44. The van der Waals surface area contributed by atoms with Crippen LogP contribution in [0.25, 0.3) is 0 Å². The summed E-state index contributed by atoms with van der Waals surface area (Å²) in [7, 11) is 4.77. The van der Waals surface area contributed by atoms with Gasteiger partial charge in [0.05, 0.1) is 33.6 Å². The van der Waals surface area contributed by atoms with E-state index in [0.717, 1.165) is 17.0 Å². The van der Waals surface area contributed by atoms with E-state index in [4.69, 9.17) is 14.2 Å². The van der Waals surface area contributed by atoms with E-state index in [1.54, 1.807) is 33.5 Å². The lowest BCUT2D eigenvalue weighted by Gasteiger charge is -2.13. The van der Waals surface area contributed by atoms with Gasteiger partial charge in [-0.3, -0.25) is 4.79 Å². The van der Waals surface area contributed by atoms with Crippen LogP contribution in [0.4, 0.5) is 5.69 Å². The van der Waals surface area contributed by atoms with Gasteiger partial charge in [-0.05, 0) is 18.2 Å². The van der Waals surface area contributed by atoms with Gasteiger partial charge in [0.25, 0.3) is 0 Å². The third-order valence-electron chi connectivity index (χ3n) is 3.52. The number of hydrogen-bond acceptors (Lipinski definition) is 5. The van der Waals surface area contributed by atoms with Crippen LogP contribution in [0.2, 0.25) is 0 Å². The summed E-state index contributed by atoms with van der Waals surface area (Å²) in [5.41, 5.74) is 1.65. The number of para-hydroxylation sites is 1. The minimum atomic E-state index is -0.126. The number of hydrogen-bond donors (Lipinski definition) is 2. The molecule has 0 aliphatic heterocycles. The maximum absolute atomic E-state index is 12.0. The van der Waals surface area contributed by atoms with Gasteiger partial charge in [0.1, 0.15) is 17.2 Å². The van der Waals surface area contributed by atoms with Crippen LogP contribution in [-0.2, 0) is 11.3 Å². The van der Waals surface area contributed by atoms with Crippen molar-refractivity contribution >= 4 is 11.6 Å². The van der Waals surface area contributed by atoms with Crippen molar-refractivity contribution in [3.05, 3.63) is 48.0 Å². The molecule has 0 spiro atoms. The molecule has 0 saturated carbocycles. The molecular formula is C18H22N2O4. The minimum absolute atomic E-state index is 0.126. The summed E-state index contributed by atoms with van der Waals surface area (Å²) >= 11 is 0. The third kappa shape index (κ3) is 4.55. The summed E-state index contributed by atoms with van der Waals surface area (Å²) in [6.07, 6.45) is 0. The molecule has 0 bridgehead atoms. The number of nitrogens with one attached hydrogen (secondary N) is 2. The molecule has 2 rings (SSSR count). The van der Waals surface area contributed by atoms with Crippen molar-refractivity contribution in [3.8, 4) is 17.2 Å². The highest BCUT2D eigenvalue weighted by Crippen LogP contribution is 2.28. The Hall–Kier alpha value is -2.89. The first kappa shape index (κ1) is 17.5. The van der Waals surface area contributed by atoms with E-state index >= 15 is 0 Å². The Labute approximate surface area is 141 Å². The molecule has 1 amide bonds. The zero-order valence-corrected chi connectivity index (χ0v) is 14.1. The molecule has 0 aliphatic rings. The van der Waals surface area contributed by atoms with E-state index < -0.39 is 0 Å². The largest absolute Gasteiger partial charge is 0.497 e. The number of amides is 1. The topological polar surface area (TPSA) is 68.8 Å². The molecule has 6 heteroatoms. The van der Waals surface area contributed by atoms with E-state index in [1.165, 1.54) is 0 Å². The van der Waals surface area contributed by atoms with Crippen molar-refractivity contribution < 1.29 is 19.0 Å². The highest BCUT2D eigenvalue weighted by molar-refractivity contribution is 5.81.